The molecule has 0 fully saturated rings. The molecule has 1 N–H and O–H groups in total. The lowest BCUT2D eigenvalue weighted by Crippen LogP contribution is -2.02. The number of aliphatic hydroxyl groups excluding tert-OH is 1. The standard InChI is InChI=1S/C11H11FO3S/c1-7(5-13)10-6-16(14,15)11-4-8(12)2-3-9(10)11/h2-4,6-7,13H,5H2,1H3. The highest BCUT2D eigenvalue weighted by Gasteiger charge is 2.29. The normalized spacial score (nSPS) is 19.1. The number of hydrogen-bond donors (Lipinski definition) is 1. The van der Waals surface area contributed by atoms with Crippen molar-refractivity contribution in [1.82, 2.24) is 0 Å². The zero-order valence-electron chi connectivity index (χ0n) is 8.64. The second-order valence-electron chi connectivity index (χ2n) is 3.84. The fourth-order valence-electron chi connectivity index (χ4n) is 1.74. The topological polar surface area (TPSA) is 54.4 Å². The summed E-state index contributed by atoms with van der Waals surface area (Å²) < 4.78 is 36.4. The van der Waals surface area contributed by atoms with Crippen LogP contribution < -0.4 is 0 Å². The van der Waals surface area contributed by atoms with Crippen LogP contribution in [0.1, 0.15) is 12.5 Å². The van der Waals surface area contributed by atoms with Gasteiger partial charge in [0.15, 0.2) is 0 Å². The molecule has 5 heteroatoms. The van der Waals surface area contributed by atoms with E-state index in [1.165, 1.54) is 12.1 Å². The van der Waals surface area contributed by atoms with Crippen molar-refractivity contribution >= 4 is 15.4 Å². The molecule has 0 saturated heterocycles. The highest BCUT2D eigenvalue weighted by Crippen LogP contribution is 2.37. The molecule has 1 heterocycles. The molecule has 0 bridgehead atoms. The van der Waals surface area contributed by atoms with Crippen LogP contribution in [0.5, 0.6) is 0 Å². The van der Waals surface area contributed by atoms with E-state index in [9.17, 15) is 12.8 Å². The van der Waals surface area contributed by atoms with Gasteiger partial charge in [0.05, 0.1) is 4.90 Å². The van der Waals surface area contributed by atoms with E-state index in [0.29, 0.717) is 11.1 Å². The van der Waals surface area contributed by atoms with Gasteiger partial charge in [0.2, 0.25) is 9.84 Å². The van der Waals surface area contributed by atoms with Gasteiger partial charge in [-0.15, -0.1) is 0 Å². The molecule has 0 amide bonds. The Labute approximate surface area is 93.1 Å². The largest absolute Gasteiger partial charge is 0.396 e. The average Bonchev–Trinajstić information content (AvgIpc) is 2.50. The van der Waals surface area contributed by atoms with Crippen LogP contribution in [-0.2, 0) is 9.84 Å². The van der Waals surface area contributed by atoms with Crippen molar-refractivity contribution in [3.8, 4) is 0 Å². The Balaban J connectivity index is 2.65. The molecule has 0 aromatic heterocycles. The molecule has 1 atom stereocenters. The van der Waals surface area contributed by atoms with Crippen molar-refractivity contribution in [2.24, 2.45) is 5.92 Å². The van der Waals surface area contributed by atoms with Gasteiger partial charge in [0.1, 0.15) is 5.82 Å². The lowest BCUT2D eigenvalue weighted by Gasteiger charge is -2.09. The van der Waals surface area contributed by atoms with E-state index in [1.807, 2.05) is 0 Å². The van der Waals surface area contributed by atoms with Crippen LogP contribution in [0.3, 0.4) is 0 Å². The number of benzene rings is 1. The Kier molecular flexibility index (Phi) is 2.59. The Hall–Kier alpha value is -1.20. The molecule has 86 valence electrons. The minimum Gasteiger partial charge on any atom is -0.396 e. The monoisotopic (exact) mass is 242 g/mol. The summed E-state index contributed by atoms with van der Waals surface area (Å²) in [6.07, 6.45) is 0. The Morgan fingerprint density at radius 1 is 1.44 bits per heavy atom. The minimum atomic E-state index is -3.55. The van der Waals surface area contributed by atoms with E-state index in [2.05, 4.69) is 0 Å². The van der Waals surface area contributed by atoms with E-state index in [1.54, 1.807) is 6.92 Å². The lowest BCUT2D eigenvalue weighted by molar-refractivity contribution is 0.266. The summed E-state index contributed by atoms with van der Waals surface area (Å²) in [5.41, 5.74) is 1.03. The summed E-state index contributed by atoms with van der Waals surface area (Å²) in [5, 5.41) is 10.1. The summed E-state index contributed by atoms with van der Waals surface area (Å²) in [4.78, 5) is -0.0113. The van der Waals surface area contributed by atoms with Crippen molar-refractivity contribution in [3.05, 3.63) is 35.0 Å². The van der Waals surface area contributed by atoms with Crippen LogP contribution in [0, 0.1) is 11.7 Å². The third-order valence-corrected chi connectivity index (χ3v) is 4.16. The molecule has 0 saturated carbocycles. The maximum absolute atomic E-state index is 13.0. The molecule has 3 nitrogen and oxygen atoms in total. The zero-order valence-corrected chi connectivity index (χ0v) is 9.46. The van der Waals surface area contributed by atoms with Crippen LogP contribution in [0.4, 0.5) is 4.39 Å². The quantitative estimate of drug-likeness (QED) is 0.856. The molecular formula is C11H11FO3S. The van der Waals surface area contributed by atoms with Crippen LogP contribution in [0.15, 0.2) is 28.5 Å². The summed E-state index contributed by atoms with van der Waals surface area (Å²) in [7, 11) is -3.55. The average molecular weight is 242 g/mol. The molecule has 1 unspecified atom stereocenters. The summed E-state index contributed by atoms with van der Waals surface area (Å²) in [6.45, 7) is 1.58. The molecular weight excluding hydrogens is 231 g/mol. The van der Waals surface area contributed by atoms with Crippen molar-refractivity contribution in [3.63, 3.8) is 0 Å². The predicted octanol–water partition coefficient (Wildman–Crippen LogP) is 1.58. The smallest absolute Gasteiger partial charge is 0.200 e. The van der Waals surface area contributed by atoms with Gasteiger partial charge in [-0.05, 0) is 23.3 Å². The van der Waals surface area contributed by atoms with Crippen molar-refractivity contribution in [1.29, 1.82) is 0 Å². The van der Waals surface area contributed by atoms with E-state index < -0.39 is 15.7 Å². The lowest BCUT2D eigenvalue weighted by atomic mass is 9.96. The van der Waals surface area contributed by atoms with E-state index in [-0.39, 0.29) is 17.4 Å². The van der Waals surface area contributed by atoms with Crippen molar-refractivity contribution < 1.29 is 17.9 Å². The van der Waals surface area contributed by atoms with E-state index in [0.717, 1.165) is 11.5 Å². The van der Waals surface area contributed by atoms with Crippen LogP contribution in [0.25, 0.3) is 5.57 Å². The summed E-state index contributed by atoms with van der Waals surface area (Å²) in [6, 6.07) is 3.67. The molecule has 1 aromatic carbocycles. The zero-order chi connectivity index (χ0) is 11.9. The molecule has 16 heavy (non-hydrogen) atoms. The van der Waals surface area contributed by atoms with Gasteiger partial charge in [-0.25, -0.2) is 12.8 Å². The second kappa shape index (κ2) is 3.68. The highest BCUT2D eigenvalue weighted by atomic mass is 32.2. The number of halogens is 1. The summed E-state index contributed by atoms with van der Waals surface area (Å²) in [5.74, 6) is -0.852. The van der Waals surface area contributed by atoms with Crippen LogP contribution in [-0.4, -0.2) is 20.1 Å². The predicted molar refractivity (Wildman–Crippen MR) is 57.8 cm³/mol. The highest BCUT2D eigenvalue weighted by molar-refractivity contribution is 7.95. The first kappa shape index (κ1) is 11.3. The molecule has 1 aliphatic heterocycles. The van der Waals surface area contributed by atoms with Crippen LogP contribution >= 0.6 is 0 Å². The number of fused-ring (bicyclic) bond motifs is 1. The van der Waals surface area contributed by atoms with E-state index in [4.69, 9.17) is 5.11 Å². The Morgan fingerprint density at radius 3 is 2.75 bits per heavy atom. The number of hydrogen-bond acceptors (Lipinski definition) is 3. The van der Waals surface area contributed by atoms with Gasteiger partial charge in [-0.2, -0.15) is 0 Å². The van der Waals surface area contributed by atoms with E-state index >= 15 is 0 Å². The maximum atomic E-state index is 13.0. The fourth-order valence-corrected chi connectivity index (χ4v) is 3.33. The Morgan fingerprint density at radius 2 is 2.12 bits per heavy atom. The first-order chi connectivity index (χ1) is 7.45. The molecule has 1 aliphatic rings. The third-order valence-electron chi connectivity index (χ3n) is 2.65. The summed E-state index contributed by atoms with van der Waals surface area (Å²) >= 11 is 0. The third kappa shape index (κ3) is 1.66. The van der Waals surface area contributed by atoms with Crippen molar-refractivity contribution in [2.75, 3.05) is 6.61 Å². The number of rotatable bonds is 2. The van der Waals surface area contributed by atoms with Gasteiger partial charge >= 0.3 is 0 Å². The second-order valence-corrected chi connectivity index (χ2v) is 5.61. The van der Waals surface area contributed by atoms with Gasteiger partial charge in [0, 0.05) is 17.9 Å². The van der Waals surface area contributed by atoms with Crippen LogP contribution in [0.2, 0.25) is 0 Å². The maximum Gasteiger partial charge on any atom is 0.200 e. The fraction of sp³-hybridized carbons (Fsp3) is 0.273. The van der Waals surface area contributed by atoms with Crippen molar-refractivity contribution in [2.45, 2.75) is 11.8 Å². The SMILES string of the molecule is CC(CO)C1=CS(=O)(=O)c2cc(F)ccc21. The molecule has 0 aliphatic carbocycles. The molecule has 0 spiro atoms. The molecule has 1 aromatic rings. The molecule has 2 rings (SSSR count). The van der Waals surface area contributed by atoms with Gasteiger partial charge < -0.3 is 5.11 Å². The Bertz CT molecular complexity index is 561. The number of sulfone groups is 1. The van der Waals surface area contributed by atoms with Gasteiger partial charge in [0.25, 0.3) is 0 Å². The first-order valence-corrected chi connectivity index (χ1v) is 6.38. The molecule has 0 radical (unpaired) electrons. The van der Waals surface area contributed by atoms with Gasteiger partial charge in [-0.1, -0.05) is 13.0 Å². The minimum absolute atomic E-state index is 0.0113. The first-order valence-electron chi connectivity index (χ1n) is 4.83. The van der Waals surface area contributed by atoms with Gasteiger partial charge in [-0.3, -0.25) is 0 Å². The number of aliphatic hydroxyl groups is 1.